The summed E-state index contributed by atoms with van der Waals surface area (Å²) in [5.41, 5.74) is 0.643. The van der Waals surface area contributed by atoms with Crippen LogP contribution in [0.1, 0.15) is 16.8 Å². The Hall–Kier alpha value is -2.87. The molecule has 138 valence electrons. The summed E-state index contributed by atoms with van der Waals surface area (Å²) in [6.07, 6.45) is 0.419. The Morgan fingerprint density at radius 1 is 1.42 bits per heavy atom. The van der Waals surface area contributed by atoms with Crippen LogP contribution in [0.15, 0.2) is 34.9 Å². The normalized spacial score (nSPS) is 16.9. The summed E-state index contributed by atoms with van der Waals surface area (Å²) >= 11 is 0. The van der Waals surface area contributed by atoms with Crippen LogP contribution < -0.4 is 5.32 Å². The van der Waals surface area contributed by atoms with Crippen LogP contribution >= 0.6 is 0 Å². The molecule has 1 atom stereocenters. The molecule has 0 spiro atoms. The molecule has 1 aliphatic rings. The van der Waals surface area contributed by atoms with Crippen molar-refractivity contribution in [3.63, 3.8) is 0 Å². The summed E-state index contributed by atoms with van der Waals surface area (Å²) in [4.78, 5) is 25.4. The van der Waals surface area contributed by atoms with E-state index in [-0.39, 0.29) is 29.0 Å². The zero-order valence-electron chi connectivity index (χ0n) is 14.5. The molecule has 0 saturated carbocycles. The van der Waals surface area contributed by atoms with E-state index in [1.807, 2.05) is 6.07 Å². The summed E-state index contributed by atoms with van der Waals surface area (Å²) < 4.78 is 10.3. The molecule has 8 nitrogen and oxygen atoms in total. The smallest absolute Gasteiger partial charge is 0.343 e. The highest BCUT2D eigenvalue weighted by atomic mass is 16.5. The van der Waals surface area contributed by atoms with Gasteiger partial charge in [-0.15, -0.1) is 0 Å². The van der Waals surface area contributed by atoms with Crippen LogP contribution in [0.5, 0.6) is 0 Å². The summed E-state index contributed by atoms with van der Waals surface area (Å²) in [6.45, 7) is 2.12. The molecule has 1 amide bonds. The van der Waals surface area contributed by atoms with Crippen molar-refractivity contribution in [2.45, 2.75) is 6.42 Å². The first-order valence-electron chi connectivity index (χ1n) is 8.39. The van der Waals surface area contributed by atoms with Crippen LogP contribution in [-0.4, -0.2) is 60.4 Å². The van der Waals surface area contributed by atoms with E-state index in [1.165, 1.54) is 0 Å². The maximum atomic E-state index is 12.0. The molecule has 0 radical (unpaired) electrons. The zero-order valence-corrected chi connectivity index (χ0v) is 14.5. The highest BCUT2D eigenvalue weighted by Crippen LogP contribution is 2.29. The lowest BCUT2D eigenvalue weighted by Crippen LogP contribution is -2.29. The Bertz CT molecular complexity index is 774. The van der Waals surface area contributed by atoms with Crippen LogP contribution in [0, 0.1) is 5.92 Å². The molecule has 2 heterocycles. The van der Waals surface area contributed by atoms with E-state index < -0.39 is 5.97 Å². The number of ether oxygens (including phenoxy) is 1. The fraction of sp³-hybridized carbons (Fsp3) is 0.389. The summed E-state index contributed by atoms with van der Waals surface area (Å²) in [5, 5.41) is 16.5. The number of rotatable bonds is 8. The summed E-state index contributed by atoms with van der Waals surface area (Å²) in [6, 6.07) is 8.97. The maximum Gasteiger partial charge on any atom is 0.343 e. The van der Waals surface area contributed by atoms with E-state index in [2.05, 4.69) is 10.5 Å². The Morgan fingerprint density at radius 3 is 2.88 bits per heavy atom. The molecule has 1 aliphatic heterocycles. The van der Waals surface area contributed by atoms with Gasteiger partial charge in [-0.1, -0.05) is 35.5 Å². The number of amides is 1. The van der Waals surface area contributed by atoms with Gasteiger partial charge in [0.1, 0.15) is 0 Å². The van der Waals surface area contributed by atoms with Crippen molar-refractivity contribution in [1.29, 1.82) is 0 Å². The molecule has 1 unspecified atom stereocenters. The van der Waals surface area contributed by atoms with Crippen molar-refractivity contribution in [3.8, 4) is 11.3 Å². The van der Waals surface area contributed by atoms with Gasteiger partial charge in [0.2, 0.25) is 5.91 Å². The first-order chi connectivity index (χ1) is 12.6. The van der Waals surface area contributed by atoms with Gasteiger partial charge in [0.05, 0.1) is 6.61 Å². The first-order valence-corrected chi connectivity index (χ1v) is 8.39. The molecule has 26 heavy (non-hydrogen) atoms. The third-order valence-electron chi connectivity index (χ3n) is 4.36. The van der Waals surface area contributed by atoms with Crippen LogP contribution in [-0.2, 0) is 9.53 Å². The van der Waals surface area contributed by atoms with Crippen molar-refractivity contribution in [3.05, 3.63) is 35.9 Å². The van der Waals surface area contributed by atoms with Gasteiger partial charge >= 0.3 is 5.97 Å². The Labute approximate surface area is 150 Å². The maximum absolute atomic E-state index is 12.0. The highest BCUT2D eigenvalue weighted by molar-refractivity contribution is 5.99. The van der Waals surface area contributed by atoms with Crippen LogP contribution in [0.25, 0.3) is 11.3 Å². The standard InChI is InChI=1S/C18H21N3O5/c1-25-8-7-21-11-12(9-14(21)22)10-19-17-15(18(23)24)16(26-20-17)13-5-3-2-4-6-13/h2-6,12H,7-11H2,1H3,(H,19,20)(H,23,24). The van der Waals surface area contributed by atoms with Crippen molar-refractivity contribution >= 4 is 17.7 Å². The number of benzene rings is 1. The Morgan fingerprint density at radius 2 is 2.19 bits per heavy atom. The van der Waals surface area contributed by atoms with Crippen molar-refractivity contribution in [2.24, 2.45) is 5.92 Å². The summed E-state index contributed by atoms with van der Waals surface area (Å²) in [7, 11) is 1.60. The average Bonchev–Trinajstić information content (AvgIpc) is 3.22. The largest absolute Gasteiger partial charge is 0.477 e. The lowest BCUT2D eigenvalue weighted by molar-refractivity contribution is -0.128. The number of aromatic nitrogens is 1. The molecule has 2 aromatic rings. The lowest BCUT2D eigenvalue weighted by Gasteiger charge is -2.16. The minimum Gasteiger partial charge on any atom is -0.477 e. The van der Waals surface area contributed by atoms with E-state index in [4.69, 9.17) is 9.26 Å². The number of anilines is 1. The first kappa shape index (κ1) is 17.9. The molecule has 2 N–H and O–H groups in total. The minimum atomic E-state index is -1.11. The van der Waals surface area contributed by atoms with Gasteiger partial charge in [-0.25, -0.2) is 4.79 Å². The fourth-order valence-electron chi connectivity index (χ4n) is 3.05. The van der Waals surface area contributed by atoms with Gasteiger partial charge in [0.25, 0.3) is 0 Å². The molecular formula is C18H21N3O5. The van der Waals surface area contributed by atoms with Crippen molar-refractivity contribution in [1.82, 2.24) is 10.1 Å². The summed E-state index contributed by atoms with van der Waals surface area (Å²) in [5.74, 6) is -0.559. The molecule has 0 bridgehead atoms. The van der Waals surface area contributed by atoms with Gasteiger partial charge in [0.15, 0.2) is 17.1 Å². The van der Waals surface area contributed by atoms with Gasteiger partial charge in [-0.3, -0.25) is 4.79 Å². The molecule has 1 saturated heterocycles. The molecule has 0 aliphatic carbocycles. The Balaban J connectivity index is 1.68. The molecule has 1 aromatic heterocycles. The number of carboxylic acids is 1. The van der Waals surface area contributed by atoms with Crippen LogP contribution in [0.3, 0.4) is 0 Å². The monoisotopic (exact) mass is 359 g/mol. The third kappa shape index (κ3) is 3.85. The number of hydrogen-bond donors (Lipinski definition) is 2. The zero-order chi connectivity index (χ0) is 18.5. The minimum absolute atomic E-state index is 0.00300. The number of nitrogens with one attached hydrogen (secondary N) is 1. The Kier molecular flexibility index (Phi) is 5.52. The number of hydrogen-bond acceptors (Lipinski definition) is 6. The van der Waals surface area contributed by atoms with E-state index in [0.717, 1.165) is 0 Å². The van der Waals surface area contributed by atoms with Crippen LogP contribution in [0.4, 0.5) is 5.82 Å². The molecule has 8 heteroatoms. The highest BCUT2D eigenvalue weighted by Gasteiger charge is 2.30. The average molecular weight is 359 g/mol. The second-order valence-electron chi connectivity index (χ2n) is 6.19. The van der Waals surface area contributed by atoms with E-state index in [1.54, 1.807) is 36.3 Å². The predicted octanol–water partition coefficient (Wildman–Crippen LogP) is 1.95. The molecule has 1 aromatic carbocycles. The van der Waals surface area contributed by atoms with E-state index in [9.17, 15) is 14.7 Å². The van der Waals surface area contributed by atoms with Gasteiger partial charge in [-0.2, -0.15) is 0 Å². The van der Waals surface area contributed by atoms with Gasteiger partial charge in [0, 0.05) is 44.6 Å². The fourth-order valence-corrected chi connectivity index (χ4v) is 3.05. The second-order valence-corrected chi connectivity index (χ2v) is 6.19. The predicted molar refractivity (Wildman–Crippen MR) is 94.0 cm³/mol. The quantitative estimate of drug-likeness (QED) is 0.742. The SMILES string of the molecule is COCCN1CC(CNc2noc(-c3ccccc3)c2C(=O)O)CC1=O. The molecular weight excluding hydrogens is 338 g/mol. The second kappa shape index (κ2) is 8.01. The van der Waals surface area contributed by atoms with E-state index >= 15 is 0 Å². The lowest BCUT2D eigenvalue weighted by atomic mass is 10.1. The number of carbonyl (C=O) groups excluding carboxylic acids is 1. The van der Waals surface area contributed by atoms with Gasteiger partial charge < -0.3 is 24.6 Å². The number of aromatic carboxylic acids is 1. The third-order valence-corrected chi connectivity index (χ3v) is 4.36. The molecule has 3 rings (SSSR count). The topological polar surface area (TPSA) is 105 Å². The van der Waals surface area contributed by atoms with Crippen molar-refractivity contribution < 1.29 is 24.0 Å². The number of carbonyl (C=O) groups is 2. The number of carboxylic acid groups (broad SMARTS) is 1. The van der Waals surface area contributed by atoms with Crippen molar-refractivity contribution in [2.75, 3.05) is 38.7 Å². The van der Waals surface area contributed by atoms with E-state index in [0.29, 0.717) is 38.2 Å². The molecule has 1 fully saturated rings. The number of methoxy groups -OCH3 is 1. The number of nitrogens with zero attached hydrogens (tertiary/aromatic N) is 2. The van der Waals surface area contributed by atoms with Crippen LogP contribution in [0.2, 0.25) is 0 Å². The van der Waals surface area contributed by atoms with Gasteiger partial charge in [-0.05, 0) is 0 Å². The number of likely N-dealkylation sites (tertiary alicyclic amines) is 1.